The van der Waals surface area contributed by atoms with Crippen molar-refractivity contribution in [2.45, 2.75) is 0 Å². The molecule has 4 nitrogen and oxygen atoms in total. The van der Waals surface area contributed by atoms with E-state index in [1.807, 2.05) is 18.2 Å². The maximum absolute atomic E-state index is 12.0. The van der Waals surface area contributed by atoms with Crippen molar-refractivity contribution in [3.8, 4) is 28.6 Å². The van der Waals surface area contributed by atoms with E-state index in [2.05, 4.69) is 0 Å². The van der Waals surface area contributed by atoms with Gasteiger partial charge in [-0.15, -0.1) is 0 Å². The number of rotatable bonds is 3. The van der Waals surface area contributed by atoms with Gasteiger partial charge in [0.2, 0.25) is 5.75 Å². The summed E-state index contributed by atoms with van der Waals surface area (Å²) < 4.78 is 10.7. The normalized spacial score (nSPS) is 10.3. The third-order valence-corrected chi connectivity index (χ3v) is 2.93. The first-order valence-corrected chi connectivity index (χ1v) is 6.39. The number of hydrogen-bond acceptors (Lipinski definition) is 4. The van der Waals surface area contributed by atoms with Gasteiger partial charge in [0.15, 0.2) is 0 Å². The summed E-state index contributed by atoms with van der Waals surface area (Å²) in [4.78, 5) is 12.0. The molecule has 1 aromatic heterocycles. The van der Waals surface area contributed by atoms with E-state index >= 15 is 0 Å². The van der Waals surface area contributed by atoms with E-state index in [1.165, 1.54) is 12.1 Å². The lowest BCUT2D eigenvalue weighted by atomic mass is 10.1. The molecule has 0 unspecified atom stereocenters. The zero-order valence-corrected chi connectivity index (χ0v) is 11.0. The average molecular weight is 280 g/mol. The van der Waals surface area contributed by atoms with Crippen molar-refractivity contribution in [1.82, 2.24) is 0 Å². The molecule has 21 heavy (non-hydrogen) atoms. The van der Waals surface area contributed by atoms with Gasteiger partial charge >= 0.3 is 5.63 Å². The van der Waals surface area contributed by atoms with E-state index in [1.54, 1.807) is 36.4 Å². The Kier molecular flexibility index (Phi) is 3.43. The third kappa shape index (κ3) is 2.79. The zero-order chi connectivity index (χ0) is 14.7. The Bertz CT molecular complexity index is 806. The Balaban J connectivity index is 1.94. The van der Waals surface area contributed by atoms with Gasteiger partial charge in [0.25, 0.3) is 0 Å². The van der Waals surface area contributed by atoms with Crippen LogP contribution in [-0.2, 0) is 0 Å². The van der Waals surface area contributed by atoms with E-state index in [-0.39, 0.29) is 11.5 Å². The van der Waals surface area contributed by atoms with Gasteiger partial charge in [-0.2, -0.15) is 0 Å². The fraction of sp³-hybridized carbons (Fsp3) is 0. The molecule has 0 aliphatic rings. The van der Waals surface area contributed by atoms with Crippen molar-refractivity contribution in [1.29, 1.82) is 0 Å². The van der Waals surface area contributed by atoms with E-state index in [0.717, 1.165) is 0 Å². The Morgan fingerprint density at radius 2 is 1.57 bits per heavy atom. The summed E-state index contributed by atoms with van der Waals surface area (Å²) in [5, 5.41) is 9.77. The van der Waals surface area contributed by atoms with Crippen LogP contribution in [0.3, 0.4) is 0 Å². The molecule has 0 radical (unpaired) electrons. The van der Waals surface area contributed by atoms with Gasteiger partial charge in [-0.05, 0) is 36.4 Å². The molecule has 0 bridgehead atoms. The molecule has 1 N–H and O–H groups in total. The zero-order valence-electron chi connectivity index (χ0n) is 11.0. The Morgan fingerprint density at radius 1 is 0.857 bits per heavy atom. The van der Waals surface area contributed by atoms with Crippen molar-refractivity contribution in [2.24, 2.45) is 0 Å². The van der Waals surface area contributed by atoms with Crippen molar-refractivity contribution >= 4 is 0 Å². The van der Waals surface area contributed by atoms with Crippen LogP contribution in [0.15, 0.2) is 75.9 Å². The second-order valence-electron chi connectivity index (χ2n) is 4.38. The number of hydrogen-bond donors (Lipinski definition) is 1. The molecule has 0 atom stereocenters. The van der Waals surface area contributed by atoms with Crippen molar-refractivity contribution in [2.75, 3.05) is 0 Å². The summed E-state index contributed by atoms with van der Waals surface area (Å²) in [7, 11) is 0. The minimum Gasteiger partial charge on any atom is -0.507 e. The predicted octanol–water partition coefficient (Wildman–Crippen LogP) is 3.80. The van der Waals surface area contributed by atoms with E-state index in [9.17, 15) is 9.90 Å². The molecule has 0 fully saturated rings. The molecule has 0 amide bonds. The van der Waals surface area contributed by atoms with Crippen molar-refractivity contribution in [3.05, 3.63) is 77.2 Å². The van der Waals surface area contributed by atoms with Gasteiger partial charge in [-0.25, -0.2) is 4.79 Å². The molecule has 0 saturated carbocycles. The lowest BCUT2D eigenvalue weighted by Gasteiger charge is -2.06. The van der Waals surface area contributed by atoms with Gasteiger partial charge in [-0.1, -0.05) is 30.3 Å². The van der Waals surface area contributed by atoms with E-state index < -0.39 is 5.63 Å². The van der Waals surface area contributed by atoms with Crippen LogP contribution in [-0.4, -0.2) is 5.11 Å². The molecule has 0 aliphatic carbocycles. The highest BCUT2D eigenvalue weighted by Crippen LogP contribution is 2.28. The van der Waals surface area contributed by atoms with Gasteiger partial charge in [0.1, 0.15) is 17.3 Å². The number of aromatic hydroxyl groups is 1. The molecule has 3 rings (SSSR count). The van der Waals surface area contributed by atoms with Crippen LogP contribution in [0.1, 0.15) is 0 Å². The Labute approximate surface area is 120 Å². The highest BCUT2D eigenvalue weighted by Gasteiger charge is 2.10. The predicted molar refractivity (Wildman–Crippen MR) is 78.6 cm³/mol. The van der Waals surface area contributed by atoms with E-state index in [4.69, 9.17) is 9.15 Å². The van der Waals surface area contributed by atoms with Gasteiger partial charge in [0, 0.05) is 0 Å². The van der Waals surface area contributed by atoms with Crippen LogP contribution in [0.25, 0.3) is 11.3 Å². The molecule has 0 saturated heterocycles. The minimum absolute atomic E-state index is 0.0531. The van der Waals surface area contributed by atoms with E-state index in [0.29, 0.717) is 17.1 Å². The summed E-state index contributed by atoms with van der Waals surface area (Å²) >= 11 is 0. The monoisotopic (exact) mass is 280 g/mol. The smallest absolute Gasteiger partial charge is 0.379 e. The molecule has 0 aliphatic heterocycles. The molecule has 104 valence electrons. The van der Waals surface area contributed by atoms with Crippen LogP contribution >= 0.6 is 0 Å². The van der Waals surface area contributed by atoms with Crippen LogP contribution in [0.4, 0.5) is 0 Å². The quantitative estimate of drug-likeness (QED) is 0.792. The molecular weight excluding hydrogens is 268 g/mol. The Morgan fingerprint density at radius 3 is 2.29 bits per heavy atom. The van der Waals surface area contributed by atoms with Gasteiger partial charge < -0.3 is 14.3 Å². The highest BCUT2D eigenvalue weighted by molar-refractivity contribution is 5.65. The number of para-hydroxylation sites is 2. The second kappa shape index (κ2) is 5.54. The fourth-order valence-electron chi connectivity index (χ4n) is 1.92. The summed E-state index contributed by atoms with van der Waals surface area (Å²) in [5.41, 5.74) is -0.138. The fourth-order valence-corrected chi connectivity index (χ4v) is 1.92. The lowest BCUT2D eigenvalue weighted by molar-refractivity contribution is 0.423. The van der Waals surface area contributed by atoms with Crippen LogP contribution in [0.2, 0.25) is 0 Å². The number of benzene rings is 2. The van der Waals surface area contributed by atoms with Gasteiger partial charge in [-0.3, -0.25) is 0 Å². The topological polar surface area (TPSA) is 59.7 Å². The molecule has 3 aromatic rings. The molecule has 4 heteroatoms. The van der Waals surface area contributed by atoms with Gasteiger partial charge in [0.05, 0.1) is 5.56 Å². The second-order valence-corrected chi connectivity index (χ2v) is 4.38. The summed E-state index contributed by atoms with van der Waals surface area (Å²) in [6, 6.07) is 18.8. The Hall–Kier alpha value is -3.01. The average Bonchev–Trinajstić information content (AvgIpc) is 2.51. The first kappa shape index (κ1) is 13.0. The summed E-state index contributed by atoms with van der Waals surface area (Å²) in [5.74, 6) is 0.997. The maximum Gasteiger partial charge on any atom is 0.379 e. The van der Waals surface area contributed by atoms with Crippen LogP contribution in [0, 0.1) is 0 Å². The number of phenolic OH excluding ortho intramolecular Hbond substituents is 1. The molecule has 0 spiro atoms. The largest absolute Gasteiger partial charge is 0.507 e. The van der Waals surface area contributed by atoms with Crippen LogP contribution < -0.4 is 10.4 Å². The summed E-state index contributed by atoms with van der Waals surface area (Å²) in [6.07, 6.45) is 0. The van der Waals surface area contributed by atoms with Crippen molar-refractivity contribution < 1.29 is 14.3 Å². The minimum atomic E-state index is -0.598. The van der Waals surface area contributed by atoms with Crippen LogP contribution in [0.5, 0.6) is 17.2 Å². The molecule has 2 aromatic carbocycles. The summed E-state index contributed by atoms with van der Waals surface area (Å²) in [6.45, 7) is 0. The molecular formula is C17H12O4. The standard InChI is InChI=1S/C17H12O4/c18-14-9-5-4-8-13(14)15-10-11-16(17(19)21-15)20-12-6-2-1-3-7-12/h1-11,18H. The lowest BCUT2D eigenvalue weighted by Crippen LogP contribution is -2.03. The van der Waals surface area contributed by atoms with Crippen molar-refractivity contribution in [3.63, 3.8) is 0 Å². The number of ether oxygens (including phenoxy) is 1. The highest BCUT2D eigenvalue weighted by atomic mass is 16.5. The number of phenols is 1. The first-order valence-electron chi connectivity index (χ1n) is 6.39. The SMILES string of the molecule is O=c1oc(-c2ccccc2O)ccc1Oc1ccccc1. The molecule has 1 heterocycles. The first-order chi connectivity index (χ1) is 10.2. The third-order valence-electron chi connectivity index (χ3n) is 2.93. The maximum atomic E-state index is 12.0.